The maximum absolute atomic E-state index is 11.3. The molecule has 7 nitrogen and oxygen atoms in total. The highest BCUT2D eigenvalue weighted by atomic mass is 35.5. The Labute approximate surface area is 164 Å². The lowest BCUT2D eigenvalue weighted by Gasteiger charge is -2.06. The van der Waals surface area contributed by atoms with Crippen LogP contribution >= 0.6 is 11.6 Å². The van der Waals surface area contributed by atoms with Gasteiger partial charge in [0.15, 0.2) is 11.6 Å². The van der Waals surface area contributed by atoms with E-state index >= 15 is 0 Å². The van der Waals surface area contributed by atoms with Crippen LogP contribution in [0.5, 0.6) is 11.5 Å². The third kappa shape index (κ3) is 3.94. The smallest absolute Gasteiger partial charge is 0.248 e. The second-order valence-electron chi connectivity index (χ2n) is 6.01. The first-order valence-electron chi connectivity index (χ1n) is 8.43. The lowest BCUT2D eigenvalue weighted by Crippen LogP contribution is -2.02. The molecule has 0 aliphatic carbocycles. The van der Waals surface area contributed by atoms with Gasteiger partial charge in [-0.05, 0) is 42.5 Å². The van der Waals surface area contributed by atoms with E-state index in [2.05, 4.69) is 15.5 Å². The number of halogens is 1. The van der Waals surface area contributed by atoms with Gasteiger partial charge in [-0.3, -0.25) is 4.79 Å². The predicted octanol–water partition coefficient (Wildman–Crippen LogP) is 4.50. The second kappa shape index (κ2) is 7.66. The highest BCUT2D eigenvalue weighted by molar-refractivity contribution is 6.32. The van der Waals surface area contributed by atoms with Crippen LogP contribution < -0.4 is 20.3 Å². The van der Waals surface area contributed by atoms with E-state index in [0.29, 0.717) is 28.1 Å². The fourth-order valence-corrected chi connectivity index (χ4v) is 2.97. The van der Waals surface area contributed by atoms with Crippen molar-refractivity contribution in [1.82, 2.24) is 10.1 Å². The zero-order valence-corrected chi connectivity index (χ0v) is 15.6. The van der Waals surface area contributed by atoms with E-state index in [-0.39, 0.29) is 12.2 Å². The molecule has 0 unspecified atom stereocenters. The molecule has 4 rings (SSSR count). The van der Waals surface area contributed by atoms with Crippen molar-refractivity contribution in [3.8, 4) is 11.5 Å². The third-order valence-electron chi connectivity index (χ3n) is 4.06. The summed E-state index contributed by atoms with van der Waals surface area (Å²) >= 11 is 6.12. The number of rotatable bonds is 6. The Balaban J connectivity index is 1.41. The van der Waals surface area contributed by atoms with E-state index in [1.165, 1.54) is 6.07 Å². The molecular weight excluding hydrogens is 382 g/mol. The Hall–Kier alpha value is -3.45. The minimum atomic E-state index is -0.138. The molecule has 4 aromatic rings. The van der Waals surface area contributed by atoms with Gasteiger partial charge in [0.25, 0.3) is 0 Å². The fraction of sp³-hybridized carbons (Fsp3) is 0.100. The molecule has 2 N–H and O–H groups in total. The number of ether oxygens (including phenoxy) is 2. The lowest BCUT2D eigenvalue weighted by atomic mass is 10.2. The summed E-state index contributed by atoms with van der Waals surface area (Å²) < 4.78 is 16.2. The van der Waals surface area contributed by atoms with Crippen molar-refractivity contribution in [2.24, 2.45) is 0 Å². The summed E-state index contributed by atoms with van der Waals surface area (Å²) in [6.45, 7) is 0.215. The Kier molecular flexibility index (Phi) is 4.90. The summed E-state index contributed by atoms with van der Waals surface area (Å²) in [6, 6.07) is 15.7. The van der Waals surface area contributed by atoms with Crippen LogP contribution in [-0.2, 0) is 6.61 Å². The summed E-state index contributed by atoms with van der Waals surface area (Å²) in [6.07, 6.45) is 0. The number of methoxy groups -OCH3 is 1. The van der Waals surface area contributed by atoms with Crippen LogP contribution in [0.25, 0.3) is 10.9 Å². The van der Waals surface area contributed by atoms with Crippen LogP contribution in [0, 0.1) is 0 Å². The number of nitrogens with one attached hydrogen (secondary N) is 2. The van der Waals surface area contributed by atoms with Gasteiger partial charge in [-0.25, -0.2) is 0 Å². The number of hydrogen-bond acceptors (Lipinski definition) is 6. The summed E-state index contributed by atoms with van der Waals surface area (Å²) in [7, 11) is 1.56. The van der Waals surface area contributed by atoms with E-state index in [1.807, 2.05) is 12.1 Å². The van der Waals surface area contributed by atoms with Gasteiger partial charge < -0.3 is 24.3 Å². The number of hydrogen-bond donors (Lipinski definition) is 2. The number of anilines is 2. The Morgan fingerprint density at radius 2 is 2.04 bits per heavy atom. The number of pyridine rings is 1. The highest BCUT2D eigenvalue weighted by Crippen LogP contribution is 2.29. The van der Waals surface area contributed by atoms with Crippen molar-refractivity contribution in [2.45, 2.75) is 6.61 Å². The van der Waals surface area contributed by atoms with Crippen LogP contribution in [0.1, 0.15) is 5.76 Å². The summed E-state index contributed by atoms with van der Waals surface area (Å²) in [5, 5.41) is 8.47. The highest BCUT2D eigenvalue weighted by Gasteiger charge is 2.08. The molecule has 0 amide bonds. The molecule has 28 heavy (non-hydrogen) atoms. The maximum Gasteiger partial charge on any atom is 0.248 e. The standard InChI is InChI=1S/C20H16ClN3O4/c1-26-18-6-3-13(9-16(18)21)22-19-10-15(28-24-19)11-27-14-4-5-17-12(8-14)2-7-20(25)23-17/h2-10H,11H2,1H3,(H,22,24)(H,23,25). The average molecular weight is 398 g/mol. The third-order valence-corrected chi connectivity index (χ3v) is 4.35. The van der Waals surface area contributed by atoms with Crippen molar-refractivity contribution in [2.75, 3.05) is 12.4 Å². The number of aromatic nitrogens is 2. The minimum Gasteiger partial charge on any atom is -0.495 e. The van der Waals surface area contributed by atoms with E-state index in [4.69, 9.17) is 25.6 Å². The number of H-pyrrole nitrogens is 1. The van der Waals surface area contributed by atoms with Crippen molar-refractivity contribution >= 4 is 34.0 Å². The number of aromatic amines is 1. The van der Waals surface area contributed by atoms with Gasteiger partial charge in [0.05, 0.1) is 12.1 Å². The zero-order chi connectivity index (χ0) is 19.5. The quantitative estimate of drug-likeness (QED) is 0.498. The topological polar surface area (TPSA) is 89.4 Å². The van der Waals surface area contributed by atoms with E-state index in [1.54, 1.807) is 43.5 Å². The van der Waals surface area contributed by atoms with Crippen LogP contribution in [-0.4, -0.2) is 17.3 Å². The molecule has 2 heterocycles. The van der Waals surface area contributed by atoms with Crippen molar-refractivity contribution < 1.29 is 14.0 Å². The largest absolute Gasteiger partial charge is 0.495 e. The number of benzene rings is 2. The van der Waals surface area contributed by atoms with E-state index in [0.717, 1.165) is 16.6 Å². The average Bonchev–Trinajstić information content (AvgIpc) is 3.14. The molecular formula is C20H16ClN3O4. The van der Waals surface area contributed by atoms with Gasteiger partial charge in [-0.15, -0.1) is 0 Å². The monoisotopic (exact) mass is 397 g/mol. The van der Waals surface area contributed by atoms with E-state index in [9.17, 15) is 4.79 Å². The molecule has 142 valence electrons. The van der Waals surface area contributed by atoms with Crippen molar-refractivity contribution in [3.05, 3.63) is 75.7 Å². The Bertz CT molecular complexity index is 1190. The molecule has 8 heteroatoms. The van der Waals surface area contributed by atoms with Crippen LogP contribution in [0.15, 0.2) is 63.9 Å². The molecule has 2 aromatic heterocycles. The van der Waals surface area contributed by atoms with Crippen LogP contribution in [0.2, 0.25) is 5.02 Å². The molecule has 0 aliphatic rings. The van der Waals surface area contributed by atoms with Gasteiger partial charge in [0, 0.05) is 28.7 Å². The van der Waals surface area contributed by atoms with E-state index < -0.39 is 0 Å². The normalized spacial score (nSPS) is 10.8. The molecule has 0 saturated carbocycles. The van der Waals surface area contributed by atoms with Gasteiger partial charge in [-0.1, -0.05) is 16.8 Å². The Morgan fingerprint density at radius 1 is 1.14 bits per heavy atom. The predicted molar refractivity (Wildman–Crippen MR) is 107 cm³/mol. The van der Waals surface area contributed by atoms with Gasteiger partial charge in [0.2, 0.25) is 5.56 Å². The molecule has 0 atom stereocenters. The molecule has 2 aromatic carbocycles. The van der Waals surface area contributed by atoms with Gasteiger partial charge in [0.1, 0.15) is 18.1 Å². The first-order valence-corrected chi connectivity index (χ1v) is 8.80. The van der Waals surface area contributed by atoms with Crippen LogP contribution in [0.3, 0.4) is 0 Å². The summed E-state index contributed by atoms with van der Waals surface area (Å²) in [5.74, 6) is 2.35. The second-order valence-corrected chi connectivity index (χ2v) is 6.42. The lowest BCUT2D eigenvalue weighted by molar-refractivity contribution is 0.250. The zero-order valence-electron chi connectivity index (χ0n) is 14.9. The fourth-order valence-electron chi connectivity index (χ4n) is 2.71. The van der Waals surface area contributed by atoms with Gasteiger partial charge in [-0.2, -0.15) is 0 Å². The Morgan fingerprint density at radius 3 is 2.86 bits per heavy atom. The summed E-state index contributed by atoms with van der Waals surface area (Å²) in [4.78, 5) is 14.1. The van der Waals surface area contributed by atoms with Crippen LogP contribution in [0.4, 0.5) is 11.5 Å². The van der Waals surface area contributed by atoms with Crippen molar-refractivity contribution in [1.29, 1.82) is 0 Å². The van der Waals surface area contributed by atoms with Crippen molar-refractivity contribution in [3.63, 3.8) is 0 Å². The molecule has 0 fully saturated rings. The molecule has 0 saturated heterocycles. The minimum absolute atomic E-state index is 0.138. The molecule has 0 bridgehead atoms. The number of fused-ring (bicyclic) bond motifs is 1. The summed E-state index contributed by atoms with van der Waals surface area (Å²) in [5.41, 5.74) is 1.38. The SMILES string of the molecule is COc1ccc(Nc2cc(COc3ccc4[nH]c(=O)ccc4c3)on2)cc1Cl. The maximum atomic E-state index is 11.3. The first kappa shape index (κ1) is 17.9. The number of nitrogens with zero attached hydrogens (tertiary/aromatic N) is 1. The molecule has 0 spiro atoms. The molecule has 0 radical (unpaired) electrons. The van der Waals surface area contributed by atoms with Gasteiger partial charge >= 0.3 is 0 Å². The molecule has 0 aliphatic heterocycles. The first-order chi connectivity index (χ1) is 13.6.